The Morgan fingerprint density at radius 2 is 2.03 bits per heavy atom. The Morgan fingerprint density at radius 3 is 2.62 bits per heavy atom. The Morgan fingerprint density at radius 1 is 1.34 bits per heavy atom. The quantitative estimate of drug-likeness (QED) is 0.583. The predicted molar refractivity (Wildman–Crippen MR) is 117 cm³/mol. The number of likely N-dealkylation sites (tertiary alicyclic amines) is 1. The average molecular weight is 426 g/mol. The average Bonchev–Trinajstić information content (AvgIpc) is 2.68. The monoisotopic (exact) mass is 425 g/mol. The Bertz CT molecular complexity index is 752. The Kier molecular flexibility index (Phi) is 8.77. The summed E-state index contributed by atoms with van der Waals surface area (Å²) in [5, 5.41) is 2.98. The molecule has 0 bridgehead atoms. The Hall–Kier alpha value is -1.80. The van der Waals surface area contributed by atoms with Gasteiger partial charge in [-0.3, -0.25) is 9.10 Å². The van der Waals surface area contributed by atoms with Crippen molar-refractivity contribution in [2.24, 2.45) is 5.92 Å². The summed E-state index contributed by atoms with van der Waals surface area (Å²) in [6.45, 7) is 8.16. The molecule has 7 nitrogen and oxygen atoms in total. The Labute approximate surface area is 175 Å². The van der Waals surface area contributed by atoms with E-state index in [1.807, 2.05) is 6.92 Å². The molecule has 1 heterocycles. The smallest absolute Gasteiger partial charge is 0.261 e. The molecule has 0 aliphatic carbocycles. The summed E-state index contributed by atoms with van der Waals surface area (Å²) in [5.74, 6) is 1.19. The van der Waals surface area contributed by atoms with Crippen LogP contribution < -0.4 is 14.4 Å². The van der Waals surface area contributed by atoms with E-state index in [2.05, 4.69) is 17.1 Å². The Balaban J connectivity index is 1.79. The van der Waals surface area contributed by atoms with Crippen LogP contribution in [0, 0.1) is 5.92 Å². The minimum atomic E-state index is -3.31. The molecule has 29 heavy (non-hydrogen) atoms. The highest BCUT2D eigenvalue weighted by atomic mass is 32.2. The fraction of sp³-hybridized carbons (Fsp3) is 0.667. The maximum atomic E-state index is 12.5. The third-order valence-corrected chi connectivity index (χ3v) is 6.54. The zero-order chi connectivity index (χ0) is 21.4. The lowest BCUT2D eigenvalue weighted by Gasteiger charge is -2.30. The molecule has 0 spiro atoms. The highest BCUT2D eigenvalue weighted by Gasteiger charge is 2.19. The van der Waals surface area contributed by atoms with Crippen LogP contribution in [0.5, 0.6) is 5.75 Å². The van der Waals surface area contributed by atoms with Crippen LogP contribution in [0.15, 0.2) is 24.3 Å². The first-order valence-corrected chi connectivity index (χ1v) is 12.3. The van der Waals surface area contributed by atoms with Crippen molar-refractivity contribution < 1.29 is 17.9 Å². The highest BCUT2D eigenvalue weighted by molar-refractivity contribution is 7.92. The first kappa shape index (κ1) is 23.5. The molecule has 0 radical (unpaired) electrons. The molecule has 0 saturated carbocycles. The van der Waals surface area contributed by atoms with Crippen LogP contribution in [0.25, 0.3) is 0 Å². The number of benzene rings is 1. The highest BCUT2D eigenvalue weighted by Crippen LogP contribution is 2.21. The first-order chi connectivity index (χ1) is 13.7. The van der Waals surface area contributed by atoms with Gasteiger partial charge in [-0.15, -0.1) is 0 Å². The lowest BCUT2D eigenvalue weighted by molar-refractivity contribution is -0.128. The zero-order valence-electron chi connectivity index (χ0n) is 18.1. The molecule has 1 aliphatic heterocycles. The van der Waals surface area contributed by atoms with Gasteiger partial charge in [0.2, 0.25) is 10.0 Å². The fourth-order valence-corrected chi connectivity index (χ4v) is 4.04. The number of nitrogens with zero attached hydrogens (tertiary/aromatic N) is 2. The van der Waals surface area contributed by atoms with Gasteiger partial charge in [-0.25, -0.2) is 8.42 Å². The molecule has 1 amide bonds. The second-order valence-electron chi connectivity index (χ2n) is 7.93. The van der Waals surface area contributed by atoms with Gasteiger partial charge in [0.1, 0.15) is 5.75 Å². The number of rotatable bonds is 10. The largest absolute Gasteiger partial charge is 0.481 e. The van der Waals surface area contributed by atoms with E-state index in [1.54, 1.807) is 24.3 Å². The number of ether oxygens (including phenoxy) is 1. The minimum Gasteiger partial charge on any atom is -0.481 e. The molecular weight excluding hydrogens is 390 g/mol. The topological polar surface area (TPSA) is 78.9 Å². The summed E-state index contributed by atoms with van der Waals surface area (Å²) in [6.07, 6.45) is 4.65. The fourth-order valence-electron chi connectivity index (χ4n) is 3.53. The number of carbonyl (C=O) groups is 1. The van der Waals surface area contributed by atoms with E-state index in [-0.39, 0.29) is 5.91 Å². The third kappa shape index (κ3) is 7.51. The lowest BCUT2D eigenvalue weighted by Crippen LogP contribution is -2.40. The lowest BCUT2D eigenvalue weighted by atomic mass is 10.0. The maximum absolute atomic E-state index is 12.5. The summed E-state index contributed by atoms with van der Waals surface area (Å²) in [5.41, 5.74) is 0.546. The van der Waals surface area contributed by atoms with E-state index in [1.165, 1.54) is 24.2 Å². The molecular formula is C21H35N3O4S. The number of hydrogen-bond acceptors (Lipinski definition) is 5. The summed E-state index contributed by atoms with van der Waals surface area (Å²) < 4.78 is 30.2. The second kappa shape index (κ2) is 10.8. The number of anilines is 1. The molecule has 1 saturated heterocycles. The van der Waals surface area contributed by atoms with E-state index < -0.39 is 16.1 Å². The molecule has 1 aromatic rings. The van der Waals surface area contributed by atoms with Crippen molar-refractivity contribution >= 4 is 21.6 Å². The van der Waals surface area contributed by atoms with Gasteiger partial charge in [0.05, 0.1) is 11.9 Å². The zero-order valence-corrected chi connectivity index (χ0v) is 18.9. The van der Waals surface area contributed by atoms with Crippen LogP contribution >= 0.6 is 0 Å². The SMILES string of the molecule is CC[C@@H](Oc1ccc(N(C)S(C)(=O)=O)cc1)C(=O)NCCCN1CCC[C@@H](C)C1. The number of nitrogens with one attached hydrogen (secondary N) is 1. The molecule has 164 valence electrons. The van der Waals surface area contributed by atoms with Gasteiger partial charge in [-0.1, -0.05) is 13.8 Å². The van der Waals surface area contributed by atoms with Crippen molar-refractivity contribution in [1.29, 1.82) is 0 Å². The molecule has 1 fully saturated rings. The number of hydrogen-bond donors (Lipinski definition) is 1. The minimum absolute atomic E-state index is 0.114. The van der Waals surface area contributed by atoms with Gasteiger partial charge in [0.15, 0.2) is 6.10 Å². The molecule has 2 atom stereocenters. The van der Waals surface area contributed by atoms with Crippen molar-refractivity contribution in [2.75, 3.05) is 43.8 Å². The standard InChI is InChI=1S/C21H35N3O4S/c1-5-20(21(25)22-13-7-15-24-14-6-8-17(2)16-24)28-19-11-9-18(10-12-19)23(3)29(4,26)27/h9-12,17,20H,5-8,13-16H2,1-4H3,(H,22,25)/t17-,20-/m1/s1. The van der Waals surface area contributed by atoms with Crippen LogP contribution in [0.1, 0.15) is 39.5 Å². The van der Waals surface area contributed by atoms with Crippen LogP contribution in [0.4, 0.5) is 5.69 Å². The van der Waals surface area contributed by atoms with E-state index in [9.17, 15) is 13.2 Å². The van der Waals surface area contributed by atoms with Gasteiger partial charge < -0.3 is 15.0 Å². The maximum Gasteiger partial charge on any atom is 0.261 e. The van der Waals surface area contributed by atoms with Crippen molar-refractivity contribution in [3.8, 4) is 5.75 Å². The van der Waals surface area contributed by atoms with Crippen molar-refractivity contribution in [1.82, 2.24) is 10.2 Å². The molecule has 1 aromatic carbocycles. The van der Waals surface area contributed by atoms with E-state index >= 15 is 0 Å². The van der Waals surface area contributed by atoms with Gasteiger partial charge in [-0.05, 0) is 69.0 Å². The van der Waals surface area contributed by atoms with Crippen LogP contribution in [-0.2, 0) is 14.8 Å². The molecule has 1 aliphatic rings. The number of sulfonamides is 1. The van der Waals surface area contributed by atoms with E-state index in [0.717, 1.165) is 38.2 Å². The molecule has 0 aromatic heterocycles. The predicted octanol–water partition coefficient (Wildman–Crippen LogP) is 2.48. The van der Waals surface area contributed by atoms with Crippen LogP contribution in [0.3, 0.4) is 0 Å². The summed E-state index contributed by atoms with van der Waals surface area (Å²) in [4.78, 5) is 14.9. The first-order valence-electron chi connectivity index (χ1n) is 10.4. The molecule has 8 heteroatoms. The van der Waals surface area contributed by atoms with Crippen molar-refractivity contribution in [3.63, 3.8) is 0 Å². The van der Waals surface area contributed by atoms with Crippen molar-refractivity contribution in [2.45, 2.75) is 45.6 Å². The molecule has 1 N–H and O–H groups in total. The molecule has 0 unspecified atom stereocenters. The summed E-state index contributed by atoms with van der Waals surface area (Å²) >= 11 is 0. The normalized spacial score (nSPS) is 18.8. The van der Waals surface area contributed by atoms with Gasteiger partial charge >= 0.3 is 0 Å². The van der Waals surface area contributed by atoms with E-state index in [4.69, 9.17) is 4.74 Å². The van der Waals surface area contributed by atoms with Gasteiger partial charge in [0.25, 0.3) is 5.91 Å². The van der Waals surface area contributed by atoms with E-state index in [0.29, 0.717) is 24.4 Å². The van der Waals surface area contributed by atoms with Gasteiger partial charge in [0, 0.05) is 20.1 Å². The van der Waals surface area contributed by atoms with Crippen molar-refractivity contribution in [3.05, 3.63) is 24.3 Å². The van der Waals surface area contributed by atoms with Crippen LogP contribution in [-0.4, -0.2) is 64.8 Å². The summed E-state index contributed by atoms with van der Waals surface area (Å²) in [6, 6.07) is 6.70. The van der Waals surface area contributed by atoms with Crippen LogP contribution in [0.2, 0.25) is 0 Å². The van der Waals surface area contributed by atoms with Gasteiger partial charge in [-0.2, -0.15) is 0 Å². The number of piperidine rings is 1. The summed E-state index contributed by atoms with van der Waals surface area (Å²) in [7, 11) is -1.81. The second-order valence-corrected chi connectivity index (χ2v) is 9.95. The molecule has 2 rings (SSSR count). The number of carbonyl (C=O) groups excluding carboxylic acids is 1. The number of amides is 1. The third-order valence-electron chi connectivity index (χ3n) is 5.33.